The van der Waals surface area contributed by atoms with Crippen molar-refractivity contribution in [2.45, 2.75) is 45.3 Å². The monoisotopic (exact) mass is 258 g/mol. The zero-order chi connectivity index (χ0) is 13.2. The Hall–Kier alpha value is -0.650. The van der Waals surface area contributed by atoms with Crippen LogP contribution in [0.3, 0.4) is 0 Å². The first-order chi connectivity index (χ1) is 8.72. The molecule has 5 heteroatoms. The Bertz CT molecular complexity index is 230. The summed E-state index contributed by atoms with van der Waals surface area (Å²) >= 11 is 0. The van der Waals surface area contributed by atoms with Crippen LogP contribution in [0.4, 0.5) is 0 Å². The van der Waals surface area contributed by atoms with Gasteiger partial charge in [-0.25, -0.2) is 0 Å². The maximum Gasteiger partial charge on any atom is 0.222 e. The molecule has 0 aromatic carbocycles. The van der Waals surface area contributed by atoms with Crippen molar-refractivity contribution in [2.75, 3.05) is 32.8 Å². The van der Waals surface area contributed by atoms with E-state index in [9.17, 15) is 4.79 Å². The molecule has 2 N–H and O–H groups in total. The van der Waals surface area contributed by atoms with Gasteiger partial charge in [-0.2, -0.15) is 0 Å². The lowest BCUT2D eigenvalue weighted by Gasteiger charge is -2.22. The maximum atomic E-state index is 11.5. The van der Waals surface area contributed by atoms with Gasteiger partial charge < -0.3 is 20.1 Å². The highest BCUT2D eigenvalue weighted by molar-refractivity contribution is 5.75. The first kappa shape index (κ1) is 15.4. The second-order valence-corrected chi connectivity index (χ2v) is 4.64. The normalized spacial score (nSPS) is 18.6. The largest absolute Gasteiger partial charge is 0.378 e. The summed E-state index contributed by atoms with van der Waals surface area (Å²) in [5.41, 5.74) is 0. The Kier molecular flexibility index (Phi) is 7.96. The van der Waals surface area contributed by atoms with Crippen molar-refractivity contribution in [1.82, 2.24) is 10.6 Å². The van der Waals surface area contributed by atoms with Crippen LogP contribution in [0.15, 0.2) is 0 Å². The lowest BCUT2D eigenvalue weighted by atomic mass is 10.1. The van der Waals surface area contributed by atoms with E-state index in [4.69, 9.17) is 9.47 Å². The lowest BCUT2D eigenvalue weighted by Crippen LogP contribution is -2.35. The average Bonchev–Trinajstić information content (AvgIpc) is 2.38. The van der Waals surface area contributed by atoms with Crippen molar-refractivity contribution in [2.24, 2.45) is 0 Å². The zero-order valence-corrected chi connectivity index (χ0v) is 11.5. The fourth-order valence-electron chi connectivity index (χ4n) is 1.97. The van der Waals surface area contributed by atoms with Gasteiger partial charge in [0.25, 0.3) is 0 Å². The van der Waals surface area contributed by atoms with Gasteiger partial charge in [0, 0.05) is 19.6 Å². The Balaban J connectivity index is 1.99. The Morgan fingerprint density at radius 1 is 1.44 bits per heavy atom. The van der Waals surface area contributed by atoms with Gasteiger partial charge >= 0.3 is 0 Å². The summed E-state index contributed by atoms with van der Waals surface area (Å²) in [6.07, 6.45) is 2.92. The van der Waals surface area contributed by atoms with E-state index in [1.165, 1.54) is 0 Å². The average molecular weight is 258 g/mol. The minimum Gasteiger partial charge on any atom is -0.378 e. The van der Waals surface area contributed by atoms with Crippen LogP contribution in [0.1, 0.15) is 33.1 Å². The number of nitrogens with one attached hydrogen (secondary N) is 2. The Morgan fingerprint density at radius 2 is 2.17 bits per heavy atom. The Morgan fingerprint density at radius 3 is 2.83 bits per heavy atom. The van der Waals surface area contributed by atoms with Crippen molar-refractivity contribution in [1.29, 1.82) is 0 Å². The van der Waals surface area contributed by atoms with E-state index in [1.54, 1.807) is 0 Å². The molecule has 106 valence electrons. The molecule has 0 aliphatic carbocycles. The molecule has 1 fully saturated rings. The minimum absolute atomic E-state index is 0.0375. The maximum absolute atomic E-state index is 11.5. The minimum atomic E-state index is 0.0375. The van der Waals surface area contributed by atoms with Gasteiger partial charge in [-0.05, 0) is 39.8 Å². The molecule has 1 atom stereocenters. The number of piperidine rings is 1. The lowest BCUT2D eigenvalue weighted by molar-refractivity contribution is -0.123. The van der Waals surface area contributed by atoms with Crippen LogP contribution < -0.4 is 10.6 Å². The molecule has 0 aromatic rings. The van der Waals surface area contributed by atoms with Gasteiger partial charge in [0.1, 0.15) is 0 Å². The number of hydrogen-bond donors (Lipinski definition) is 2. The molecule has 18 heavy (non-hydrogen) atoms. The van der Waals surface area contributed by atoms with Crippen molar-refractivity contribution >= 4 is 5.91 Å². The fourth-order valence-corrected chi connectivity index (χ4v) is 1.97. The summed E-state index contributed by atoms with van der Waals surface area (Å²) in [6.45, 7) is 7.70. The van der Waals surface area contributed by atoms with E-state index in [2.05, 4.69) is 10.6 Å². The highest BCUT2D eigenvalue weighted by atomic mass is 16.5. The number of ether oxygens (including phenoxy) is 2. The molecule has 0 bridgehead atoms. The zero-order valence-electron chi connectivity index (χ0n) is 11.5. The molecule has 1 unspecified atom stereocenters. The molecule has 0 aromatic heterocycles. The third kappa shape index (κ3) is 6.93. The molecule has 1 aliphatic heterocycles. The number of rotatable bonds is 8. The smallest absolute Gasteiger partial charge is 0.222 e. The molecule has 1 saturated heterocycles. The molecule has 1 heterocycles. The predicted octanol–water partition coefficient (Wildman–Crippen LogP) is 0.686. The predicted molar refractivity (Wildman–Crippen MR) is 70.6 cm³/mol. The van der Waals surface area contributed by atoms with E-state index < -0.39 is 0 Å². The topological polar surface area (TPSA) is 59.6 Å². The molecule has 0 spiro atoms. The van der Waals surface area contributed by atoms with Crippen LogP contribution in [0.2, 0.25) is 0 Å². The molecule has 1 rings (SSSR count). The van der Waals surface area contributed by atoms with Crippen LogP contribution in [-0.4, -0.2) is 51.0 Å². The highest BCUT2D eigenvalue weighted by Crippen LogP contribution is 2.07. The summed E-state index contributed by atoms with van der Waals surface area (Å²) in [5.74, 6) is 0.0375. The standard InChI is InChI=1S/C13H26N2O3/c1-3-17-11(2)10-15-13(16)6-9-18-12-4-7-14-8-5-12/h11-12,14H,3-10H2,1-2H3,(H,15,16). The van der Waals surface area contributed by atoms with Gasteiger partial charge in [0.05, 0.1) is 18.8 Å². The molecule has 1 aliphatic rings. The molecule has 1 amide bonds. The first-order valence-corrected chi connectivity index (χ1v) is 6.93. The molecule has 0 radical (unpaired) electrons. The van der Waals surface area contributed by atoms with Gasteiger partial charge in [0.2, 0.25) is 5.91 Å². The quantitative estimate of drug-likeness (QED) is 0.672. The highest BCUT2D eigenvalue weighted by Gasteiger charge is 2.13. The van der Waals surface area contributed by atoms with E-state index in [0.29, 0.717) is 32.3 Å². The van der Waals surface area contributed by atoms with Crippen LogP contribution in [0, 0.1) is 0 Å². The van der Waals surface area contributed by atoms with Crippen molar-refractivity contribution in [3.63, 3.8) is 0 Å². The molecular weight excluding hydrogens is 232 g/mol. The van der Waals surface area contributed by atoms with Crippen LogP contribution >= 0.6 is 0 Å². The van der Waals surface area contributed by atoms with Crippen molar-refractivity contribution in [3.8, 4) is 0 Å². The number of hydrogen-bond acceptors (Lipinski definition) is 4. The van der Waals surface area contributed by atoms with E-state index in [1.807, 2.05) is 13.8 Å². The van der Waals surface area contributed by atoms with Gasteiger partial charge in [-0.15, -0.1) is 0 Å². The summed E-state index contributed by atoms with van der Waals surface area (Å²) in [6, 6.07) is 0. The number of carbonyl (C=O) groups is 1. The van der Waals surface area contributed by atoms with Gasteiger partial charge in [-0.1, -0.05) is 0 Å². The third-order valence-corrected chi connectivity index (χ3v) is 3.01. The third-order valence-electron chi connectivity index (χ3n) is 3.01. The van der Waals surface area contributed by atoms with E-state index in [0.717, 1.165) is 25.9 Å². The summed E-state index contributed by atoms with van der Waals surface area (Å²) in [7, 11) is 0. The Labute approximate surface area is 110 Å². The van der Waals surface area contributed by atoms with Gasteiger partial charge in [-0.3, -0.25) is 4.79 Å². The second kappa shape index (κ2) is 9.30. The van der Waals surface area contributed by atoms with Crippen molar-refractivity contribution in [3.05, 3.63) is 0 Å². The van der Waals surface area contributed by atoms with E-state index >= 15 is 0 Å². The fraction of sp³-hybridized carbons (Fsp3) is 0.923. The van der Waals surface area contributed by atoms with Crippen LogP contribution in [0.25, 0.3) is 0 Å². The van der Waals surface area contributed by atoms with Crippen LogP contribution in [-0.2, 0) is 14.3 Å². The molecular formula is C13H26N2O3. The van der Waals surface area contributed by atoms with Gasteiger partial charge in [0.15, 0.2) is 0 Å². The number of carbonyl (C=O) groups excluding carboxylic acids is 1. The second-order valence-electron chi connectivity index (χ2n) is 4.64. The SMILES string of the molecule is CCOC(C)CNC(=O)CCOC1CCNCC1. The summed E-state index contributed by atoms with van der Waals surface area (Å²) < 4.78 is 11.0. The number of amides is 1. The van der Waals surface area contributed by atoms with Crippen molar-refractivity contribution < 1.29 is 14.3 Å². The first-order valence-electron chi connectivity index (χ1n) is 6.93. The summed E-state index contributed by atoms with van der Waals surface area (Å²) in [4.78, 5) is 11.5. The summed E-state index contributed by atoms with van der Waals surface area (Å²) in [5, 5.41) is 6.13. The van der Waals surface area contributed by atoms with Crippen LogP contribution in [0.5, 0.6) is 0 Å². The van der Waals surface area contributed by atoms with E-state index in [-0.39, 0.29) is 12.0 Å². The molecule has 5 nitrogen and oxygen atoms in total. The molecule has 0 saturated carbocycles.